The van der Waals surface area contributed by atoms with Crippen molar-refractivity contribution in [3.05, 3.63) is 23.3 Å². The molecular formula is C9H15O4PS. The number of hydrogen-bond acceptors (Lipinski definition) is 5. The molecule has 1 aliphatic heterocycles. The third kappa shape index (κ3) is 4.43. The first kappa shape index (κ1) is 12.8. The van der Waals surface area contributed by atoms with Crippen LogP contribution >= 0.6 is 19.6 Å². The molecule has 1 heterocycles. The molecule has 0 aromatic carbocycles. The van der Waals surface area contributed by atoms with Gasteiger partial charge in [0, 0.05) is 5.75 Å². The molecule has 0 N–H and O–H groups in total. The molecule has 0 saturated carbocycles. The van der Waals surface area contributed by atoms with E-state index in [0.717, 1.165) is 5.75 Å². The highest BCUT2D eigenvalue weighted by atomic mass is 32.2. The summed E-state index contributed by atoms with van der Waals surface area (Å²) in [7, 11) is -3.42. The summed E-state index contributed by atoms with van der Waals surface area (Å²) in [6, 6.07) is 0. The van der Waals surface area contributed by atoms with Gasteiger partial charge >= 0.3 is 7.82 Å². The maximum atomic E-state index is 11.9. The molecule has 15 heavy (non-hydrogen) atoms. The van der Waals surface area contributed by atoms with Gasteiger partial charge in [-0.05, 0) is 31.4 Å². The second-order valence-electron chi connectivity index (χ2n) is 2.62. The van der Waals surface area contributed by atoms with Crippen molar-refractivity contribution in [1.82, 2.24) is 0 Å². The number of phosphoric acid groups is 1. The van der Waals surface area contributed by atoms with Crippen LogP contribution in [0.5, 0.6) is 0 Å². The van der Waals surface area contributed by atoms with Crippen LogP contribution in [0.15, 0.2) is 23.3 Å². The Morgan fingerprint density at radius 1 is 1.40 bits per heavy atom. The first-order valence-corrected chi connectivity index (χ1v) is 7.28. The Morgan fingerprint density at radius 2 is 2.07 bits per heavy atom. The lowest BCUT2D eigenvalue weighted by Gasteiger charge is -2.18. The zero-order valence-corrected chi connectivity index (χ0v) is 10.6. The second kappa shape index (κ2) is 6.38. The van der Waals surface area contributed by atoms with Gasteiger partial charge in [-0.3, -0.25) is 9.05 Å². The minimum Gasteiger partial charge on any atom is -0.404 e. The summed E-state index contributed by atoms with van der Waals surface area (Å²) in [5, 5.41) is 1.89. The van der Waals surface area contributed by atoms with E-state index in [0.29, 0.717) is 19.0 Å². The predicted molar refractivity (Wildman–Crippen MR) is 61.6 cm³/mol. The van der Waals surface area contributed by atoms with Crippen LogP contribution in [0.2, 0.25) is 0 Å². The topological polar surface area (TPSA) is 44.8 Å². The Morgan fingerprint density at radius 3 is 2.53 bits per heavy atom. The van der Waals surface area contributed by atoms with Gasteiger partial charge in [0.1, 0.15) is 5.76 Å². The highest BCUT2D eigenvalue weighted by Crippen LogP contribution is 2.51. The quantitative estimate of drug-likeness (QED) is 0.676. The number of phosphoric ester groups is 1. The average Bonchev–Trinajstić information content (AvgIpc) is 2.19. The smallest absolute Gasteiger partial charge is 0.404 e. The van der Waals surface area contributed by atoms with Crippen LogP contribution in [-0.2, 0) is 18.1 Å². The van der Waals surface area contributed by atoms with Crippen molar-refractivity contribution in [2.75, 3.05) is 19.0 Å². The van der Waals surface area contributed by atoms with Gasteiger partial charge in [-0.1, -0.05) is 0 Å². The molecule has 1 aliphatic rings. The summed E-state index contributed by atoms with van der Waals surface area (Å²) < 4.78 is 27.2. The van der Waals surface area contributed by atoms with E-state index in [9.17, 15) is 4.57 Å². The molecule has 86 valence electrons. The molecule has 1 rings (SSSR count). The average molecular weight is 250 g/mol. The zero-order valence-electron chi connectivity index (χ0n) is 8.84. The van der Waals surface area contributed by atoms with Crippen LogP contribution in [-0.4, -0.2) is 19.0 Å². The van der Waals surface area contributed by atoms with Crippen molar-refractivity contribution in [2.24, 2.45) is 0 Å². The monoisotopic (exact) mass is 250 g/mol. The molecule has 0 amide bonds. The summed E-state index contributed by atoms with van der Waals surface area (Å²) >= 11 is 1.64. The highest BCUT2D eigenvalue weighted by molar-refractivity contribution is 8.02. The lowest BCUT2D eigenvalue weighted by molar-refractivity contribution is 0.148. The van der Waals surface area contributed by atoms with Crippen molar-refractivity contribution in [3.63, 3.8) is 0 Å². The van der Waals surface area contributed by atoms with Gasteiger partial charge in [-0.25, -0.2) is 4.57 Å². The Labute approximate surface area is 94.3 Å². The molecule has 6 heteroatoms. The van der Waals surface area contributed by atoms with Gasteiger partial charge in [0.05, 0.1) is 13.2 Å². The first-order chi connectivity index (χ1) is 7.20. The van der Waals surface area contributed by atoms with Crippen LogP contribution in [0.1, 0.15) is 13.8 Å². The lowest BCUT2D eigenvalue weighted by Crippen LogP contribution is -2.00. The molecule has 0 unspecified atom stereocenters. The van der Waals surface area contributed by atoms with Crippen molar-refractivity contribution >= 4 is 19.6 Å². The maximum Gasteiger partial charge on any atom is 0.530 e. The van der Waals surface area contributed by atoms with E-state index in [1.165, 1.54) is 0 Å². The van der Waals surface area contributed by atoms with Gasteiger partial charge in [0.15, 0.2) is 0 Å². The Balaban J connectivity index is 2.61. The minimum atomic E-state index is -3.42. The van der Waals surface area contributed by atoms with Crippen LogP contribution in [0.25, 0.3) is 0 Å². The molecule has 0 bridgehead atoms. The van der Waals surface area contributed by atoms with E-state index >= 15 is 0 Å². The van der Waals surface area contributed by atoms with Gasteiger partial charge in [-0.2, -0.15) is 0 Å². The fourth-order valence-electron chi connectivity index (χ4n) is 0.972. The molecule has 0 aromatic rings. The fraction of sp³-hybridized carbons (Fsp3) is 0.556. The largest absolute Gasteiger partial charge is 0.530 e. The first-order valence-electron chi connectivity index (χ1n) is 4.77. The van der Waals surface area contributed by atoms with Crippen LogP contribution in [0.4, 0.5) is 0 Å². The van der Waals surface area contributed by atoms with Crippen LogP contribution in [0.3, 0.4) is 0 Å². The number of rotatable bonds is 6. The lowest BCUT2D eigenvalue weighted by atomic mass is 10.4. The SMILES string of the molecule is CCOP(=O)(OCC)OC1=CCSC=C1. The van der Waals surface area contributed by atoms with E-state index < -0.39 is 7.82 Å². The molecule has 0 radical (unpaired) electrons. The molecule has 0 aliphatic carbocycles. The van der Waals surface area contributed by atoms with Gasteiger partial charge in [0.25, 0.3) is 0 Å². The van der Waals surface area contributed by atoms with Crippen molar-refractivity contribution in [3.8, 4) is 0 Å². The maximum absolute atomic E-state index is 11.9. The zero-order chi connectivity index (χ0) is 11.1. The minimum absolute atomic E-state index is 0.295. The summed E-state index contributed by atoms with van der Waals surface area (Å²) in [5.41, 5.74) is 0. The van der Waals surface area contributed by atoms with E-state index in [2.05, 4.69) is 0 Å². The molecule has 0 spiro atoms. The summed E-state index contributed by atoms with van der Waals surface area (Å²) in [4.78, 5) is 0. The van der Waals surface area contributed by atoms with E-state index in [1.807, 2.05) is 11.5 Å². The Bertz CT molecular complexity index is 290. The third-order valence-electron chi connectivity index (χ3n) is 1.50. The van der Waals surface area contributed by atoms with Gasteiger partial charge in [0.2, 0.25) is 0 Å². The number of allylic oxidation sites excluding steroid dienone is 1. The normalized spacial score (nSPS) is 16.3. The summed E-state index contributed by atoms with van der Waals surface area (Å²) in [6.07, 6.45) is 3.59. The van der Waals surface area contributed by atoms with Crippen molar-refractivity contribution < 1.29 is 18.1 Å². The standard InChI is InChI=1S/C9H15O4PS/c1-3-11-14(10,12-4-2)13-9-5-7-15-8-6-9/h5-7H,3-4,8H2,1-2H3. The highest BCUT2D eigenvalue weighted by Gasteiger charge is 2.27. The van der Waals surface area contributed by atoms with E-state index in [4.69, 9.17) is 13.6 Å². The molecule has 0 aromatic heterocycles. The molecule has 0 fully saturated rings. The van der Waals surface area contributed by atoms with Gasteiger partial charge in [-0.15, -0.1) is 11.8 Å². The Kier molecular flexibility index (Phi) is 5.47. The third-order valence-corrected chi connectivity index (χ3v) is 3.77. The molecule has 0 atom stereocenters. The summed E-state index contributed by atoms with van der Waals surface area (Å²) in [5.74, 6) is 1.35. The number of thioether (sulfide) groups is 1. The second-order valence-corrected chi connectivity index (χ2v) is 5.15. The number of hydrogen-bond donors (Lipinski definition) is 0. The predicted octanol–water partition coefficient (Wildman–Crippen LogP) is 3.33. The van der Waals surface area contributed by atoms with E-state index in [1.54, 1.807) is 31.7 Å². The fourth-order valence-corrected chi connectivity index (χ4v) is 2.78. The van der Waals surface area contributed by atoms with Crippen molar-refractivity contribution in [1.29, 1.82) is 0 Å². The van der Waals surface area contributed by atoms with Gasteiger partial charge < -0.3 is 4.52 Å². The molecule has 0 saturated heterocycles. The summed E-state index contributed by atoms with van der Waals surface area (Å²) in [6.45, 7) is 4.08. The van der Waals surface area contributed by atoms with Crippen molar-refractivity contribution in [2.45, 2.75) is 13.8 Å². The molecule has 4 nitrogen and oxygen atoms in total. The van der Waals surface area contributed by atoms with Crippen LogP contribution < -0.4 is 0 Å². The van der Waals surface area contributed by atoms with Crippen LogP contribution in [0, 0.1) is 0 Å². The molecular weight excluding hydrogens is 235 g/mol. The van der Waals surface area contributed by atoms with E-state index in [-0.39, 0.29) is 0 Å². The Hall–Kier alpha value is -0.220.